The van der Waals surface area contributed by atoms with Gasteiger partial charge in [0.15, 0.2) is 11.0 Å². The standard InChI is InChI=1S/C11H14ClN3S/c1-13-6-5-8-10(12)14-11(15(8)2)9-4-3-7-16-9/h3-4,7,13H,5-6H2,1-2H3. The van der Waals surface area contributed by atoms with E-state index in [0.717, 1.165) is 29.4 Å². The molecule has 0 aliphatic rings. The van der Waals surface area contributed by atoms with Gasteiger partial charge in [0.25, 0.3) is 0 Å². The monoisotopic (exact) mass is 255 g/mol. The van der Waals surface area contributed by atoms with Crippen molar-refractivity contribution in [2.75, 3.05) is 13.6 Å². The van der Waals surface area contributed by atoms with E-state index in [1.807, 2.05) is 25.5 Å². The zero-order chi connectivity index (χ0) is 11.5. The molecule has 5 heteroatoms. The maximum absolute atomic E-state index is 6.15. The van der Waals surface area contributed by atoms with Crippen molar-refractivity contribution >= 4 is 22.9 Å². The first-order valence-corrected chi connectivity index (χ1v) is 6.39. The van der Waals surface area contributed by atoms with Gasteiger partial charge in [0, 0.05) is 20.0 Å². The number of imidazole rings is 1. The van der Waals surface area contributed by atoms with E-state index in [2.05, 4.69) is 20.9 Å². The summed E-state index contributed by atoms with van der Waals surface area (Å²) in [4.78, 5) is 5.57. The Labute approximate surface area is 104 Å². The zero-order valence-corrected chi connectivity index (χ0v) is 10.9. The van der Waals surface area contributed by atoms with Crippen LogP contribution in [0.1, 0.15) is 5.69 Å². The summed E-state index contributed by atoms with van der Waals surface area (Å²) in [5, 5.41) is 5.78. The largest absolute Gasteiger partial charge is 0.329 e. The Balaban J connectivity index is 2.35. The maximum atomic E-state index is 6.15. The average Bonchev–Trinajstić information content (AvgIpc) is 2.86. The minimum absolute atomic E-state index is 0.612. The Morgan fingerprint density at radius 3 is 3.00 bits per heavy atom. The minimum atomic E-state index is 0.612. The minimum Gasteiger partial charge on any atom is -0.329 e. The van der Waals surface area contributed by atoms with Gasteiger partial charge in [-0.15, -0.1) is 11.3 Å². The van der Waals surface area contributed by atoms with Gasteiger partial charge >= 0.3 is 0 Å². The number of hydrogen-bond donors (Lipinski definition) is 1. The molecule has 0 unspecified atom stereocenters. The van der Waals surface area contributed by atoms with E-state index in [9.17, 15) is 0 Å². The molecule has 0 bridgehead atoms. The summed E-state index contributed by atoms with van der Waals surface area (Å²) < 4.78 is 2.07. The van der Waals surface area contributed by atoms with Crippen molar-refractivity contribution in [3.8, 4) is 10.7 Å². The highest BCUT2D eigenvalue weighted by Crippen LogP contribution is 2.27. The molecule has 0 radical (unpaired) electrons. The Bertz CT molecular complexity index is 462. The Kier molecular flexibility index (Phi) is 3.63. The topological polar surface area (TPSA) is 29.9 Å². The molecule has 2 aromatic rings. The fourth-order valence-electron chi connectivity index (χ4n) is 1.64. The van der Waals surface area contributed by atoms with E-state index in [-0.39, 0.29) is 0 Å². The van der Waals surface area contributed by atoms with Crippen molar-refractivity contribution in [2.45, 2.75) is 6.42 Å². The number of halogens is 1. The lowest BCUT2D eigenvalue weighted by molar-refractivity contribution is 0.741. The van der Waals surface area contributed by atoms with E-state index in [4.69, 9.17) is 11.6 Å². The van der Waals surface area contributed by atoms with Crippen LogP contribution in [0.25, 0.3) is 10.7 Å². The van der Waals surface area contributed by atoms with Crippen LogP contribution in [-0.2, 0) is 13.5 Å². The summed E-state index contributed by atoms with van der Waals surface area (Å²) in [6.45, 7) is 0.906. The summed E-state index contributed by atoms with van der Waals surface area (Å²) in [6, 6.07) is 4.08. The van der Waals surface area contributed by atoms with Crippen LogP contribution in [0.4, 0.5) is 0 Å². The first-order chi connectivity index (χ1) is 7.74. The molecule has 16 heavy (non-hydrogen) atoms. The lowest BCUT2D eigenvalue weighted by Gasteiger charge is -2.04. The molecular weight excluding hydrogens is 242 g/mol. The van der Waals surface area contributed by atoms with Gasteiger partial charge in [-0.3, -0.25) is 0 Å². The molecule has 2 rings (SSSR count). The van der Waals surface area contributed by atoms with Gasteiger partial charge in [0.1, 0.15) is 0 Å². The third kappa shape index (κ3) is 2.14. The van der Waals surface area contributed by atoms with Gasteiger partial charge in [-0.2, -0.15) is 0 Å². The summed E-state index contributed by atoms with van der Waals surface area (Å²) in [5.74, 6) is 0.950. The first-order valence-electron chi connectivity index (χ1n) is 5.13. The molecule has 0 saturated carbocycles. The van der Waals surface area contributed by atoms with E-state index in [0.29, 0.717) is 5.15 Å². The van der Waals surface area contributed by atoms with Crippen molar-refractivity contribution in [3.05, 3.63) is 28.4 Å². The molecule has 1 N–H and O–H groups in total. The van der Waals surface area contributed by atoms with Crippen LogP contribution in [0.15, 0.2) is 17.5 Å². The second kappa shape index (κ2) is 4.99. The van der Waals surface area contributed by atoms with Gasteiger partial charge in [-0.05, 0) is 18.5 Å². The van der Waals surface area contributed by atoms with Crippen LogP contribution in [0, 0.1) is 0 Å². The summed E-state index contributed by atoms with van der Waals surface area (Å²) in [5.41, 5.74) is 1.08. The number of hydrogen-bond acceptors (Lipinski definition) is 3. The molecule has 86 valence electrons. The SMILES string of the molecule is CNCCc1c(Cl)nc(-c2cccs2)n1C. The van der Waals surface area contributed by atoms with Gasteiger partial charge in [0.05, 0.1) is 10.6 Å². The lowest BCUT2D eigenvalue weighted by Crippen LogP contribution is -2.12. The predicted molar refractivity (Wildman–Crippen MR) is 69.2 cm³/mol. The molecule has 0 aliphatic carbocycles. The van der Waals surface area contributed by atoms with Crippen LogP contribution in [0.2, 0.25) is 5.15 Å². The predicted octanol–water partition coefficient (Wildman–Crippen LogP) is 2.56. The average molecular weight is 256 g/mol. The second-order valence-electron chi connectivity index (χ2n) is 3.56. The molecule has 0 saturated heterocycles. The van der Waals surface area contributed by atoms with E-state index >= 15 is 0 Å². The fraction of sp³-hybridized carbons (Fsp3) is 0.364. The normalized spacial score (nSPS) is 10.9. The highest BCUT2D eigenvalue weighted by molar-refractivity contribution is 7.13. The Morgan fingerprint density at radius 2 is 2.38 bits per heavy atom. The molecule has 2 heterocycles. The molecule has 2 aromatic heterocycles. The number of aromatic nitrogens is 2. The summed E-state index contributed by atoms with van der Waals surface area (Å²) in [7, 11) is 3.95. The number of nitrogens with zero attached hydrogens (tertiary/aromatic N) is 2. The van der Waals surface area contributed by atoms with Gasteiger partial charge in [-0.25, -0.2) is 4.98 Å². The van der Waals surface area contributed by atoms with Crippen LogP contribution >= 0.6 is 22.9 Å². The third-order valence-corrected chi connectivity index (χ3v) is 3.69. The second-order valence-corrected chi connectivity index (χ2v) is 4.87. The van der Waals surface area contributed by atoms with E-state index in [1.165, 1.54) is 0 Å². The molecule has 0 aliphatic heterocycles. The van der Waals surface area contributed by atoms with Crippen molar-refractivity contribution in [1.29, 1.82) is 0 Å². The van der Waals surface area contributed by atoms with Crippen molar-refractivity contribution in [2.24, 2.45) is 7.05 Å². The van der Waals surface area contributed by atoms with Gasteiger partial charge in [0.2, 0.25) is 0 Å². The fourth-order valence-corrected chi connectivity index (χ4v) is 2.69. The number of thiophene rings is 1. The van der Waals surface area contributed by atoms with Crippen LogP contribution < -0.4 is 5.32 Å². The van der Waals surface area contributed by atoms with Crippen molar-refractivity contribution < 1.29 is 0 Å². The zero-order valence-electron chi connectivity index (χ0n) is 9.33. The molecule has 0 amide bonds. The molecule has 0 aromatic carbocycles. The maximum Gasteiger partial charge on any atom is 0.151 e. The van der Waals surface area contributed by atoms with Crippen molar-refractivity contribution in [1.82, 2.24) is 14.9 Å². The van der Waals surface area contributed by atoms with Crippen LogP contribution in [0.3, 0.4) is 0 Å². The molecule has 0 fully saturated rings. The Hall–Kier alpha value is -0.840. The highest BCUT2D eigenvalue weighted by Gasteiger charge is 2.14. The summed E-state index contributed by atoms with van der Waals surface area (Å²) >= 11 is 7.83. The number of likely N-dealkylation sites (N-methyl/N-ethyl adjacent to an activating group) is 1. The summed E-state index contributed by atoms with van der Waals surface area (Å²) in [6.07, 6.45) is 0.893. The molecule has 0 spiro atoms. The highest BCUT2D eigenvalue weighted by atomic mass is 35.5. The van der Waals surface area contributed by atoms with E-state index < -0.39 is 0 Å². The quantitative estimate of drug-likeness (QED) is 0.910. The first kappa shape index (κ1) is 11.6. The van der Waals surface area contributed by atoms with Gasteiger partial charge in [-0.1, -0.05) is 17.7 Å². The smallest absolute Gasteiger partial charge is 0.151 e. The lowest BCUT2D eigenvalue weighted by atomic mass is 10.3. The van der Waals surface area contributed by atoms with Crippen molar-refractivity contribution in [3.63, 3.8) is 0 Å². The van der Waals surface area contributed by atoms with E-state index in [1.54, 1.807) is 11.3 Å². The number of rotatable bonds is 4. The number of nitrogens with one attached hydrogen (secondary N) is 1. The van der Waals surface area contributed by atoms with Crippen LogP contribution in [0.5, 0.6) is 0 Å². The van der Waals surface area contributed by atoms with Gasteiger partial charge < -0.3 is 9.88 Å². The van der Waals surface area contributed by atoms with Crippen LogP contribution in [-0.4, -0.2) is 23.1 Å². The Morgan fingerprint density at radius 1 is 1.56 bits per heavy atom. The molecular formula is C11H14ClN3S. The molecule has 3 nitrogen and oxygen atoms in total. The molecule has 0 atom stereocenters. The third-order valence-electron chi connectivity index (χ3n) is 2.52.